The van der Waals surface area contributed by atoms with Crippen LogP contribution in [0.25, 0.3) is 0 Å². The topological polar surface area (TPSA) is 15.3 Å². The fourth-order valence-electron chi connectivity index (χ4n) is 3.14. The number of nitrogens with zero attached hydrogens (tertiary/aromatic N) is 1. The lowest BCUT2D eigenvalue weighted by Gasteiger charge is -2.41. The van der Waals surface area contributed by atoms with E-state index in [1.165, 1.54) is 16.8 Å². The summed E-state index contributed by atoms with van der Waals surface area (Å²) < 4.78 is 0. The Bertz CT molecular complexity index is 449. The average molecular weight is 274 g/mol. The molecule has 0 aromatic heterocycles. The lowest BCUT2D eigenvalue weighted by atomic mass is 9.89. The third kappa shape index (κ3) is 3.76. The van der Waals surface area contributed by atoms with E-state index in [4.69, 9.17) is 0 Å². The normalized spacial score (nSPS) is 32.6. The highest BCUT2D eigenvalue weighted by atomic mass is 15.2. The third-order valence-corrected chi connectivity index (χ3v) is 4.15. The van der Waals surface area contributed by atoms with Crippen molar-refractivity contribution in [1.82, 2.24) is 10.2 Å². The highest BCUT2D eigenvalue weighted by Gasteiger charge is 2.29. The summed E-state index contributed by atoms with van der Waals surface area (Å²) in [4.78, 5) is 2.62. The lowest BCUT2D eigenvalue weighted by molar-refractivity contribution is 0.145. The molecule has 2 heterocycles. The van der Waals surface area contributed by atoms with E-state index >= 15 is 0 Å². The number of rotatable bonds is 1. The van der Waals surface area contributed by atoms with E-state index in [2.05, 4.69) is 70.0 Å². The van der Waals surface area contributed by atoms with Crippen LogP contribution in [0.1, 0.15) is 48.0 Å². The lowest BCUT2D eigenvalue weighted by Crippen LogP contribution is -2.46. The Balaban J connectivity index is 2.25. The summed E-state index contributed by atoms with van der Waals surface area (Å²) in [6, 6.07) is 1.03. The molecule has 2 aliphatic rings. The van der Waals surface area contributed by atoms with Gasteiger partial charge in [0, 0.05) is 30.9 Å². The fraction of sp³-hybridized carbons (Fsp3) is 0.667. The highest BCUT2D eigenvalue weighted by Crippen LogP contribution is 2.30. The summed E-state index contributed by atoms with van der Waals surface area (Å²) in [5.74, 6) is 0. The first kappa shape index (κ1) is 15.4. The van der Waals surface area contributed by atoms with Crippen molar-refractivity contribution in [2.24, 2.45) is 5.41 Å². The van der Waals surface area contributed by atoms with Gasteiger partial charge in [0.1, 0.15) is 0 Å². The Hall–Kier alpha value is -1.02. The van der Waals surface area contributed by atoms with Crippen molar-refractivity contribution in [3.8, 4) is 0 Å². The van der Waals surface area contributed by atoms with Gasteiger partial charge in [-0.15, -0.1) is 0 Å². The summed E-state index contributed by atoms with van der Waals surface area (Å²) >= 11 is 0. The minimum absolute atomic E-state index is 0.352. The molecule has 0 aromatic carbocycles. The Labute approximate surface area is 124 Å². The van der Waals surface area contributed by atoms with E-state index in [1.807, 2.05) is 0 Å². The standard InChI is InChI=1S/C18H30N2/c1-13-8-7-9-14(2)19-17-11-20(12-18(4,5)6)15(3)10-16(13)17/h7-9,14-15,19H,10-12H2,1-6H3/b9-7-,13-8+. The fourth-order valence-corrected chi connectivity index (χ4v) is 3.14. The van der Waals surface area contributed by atoms with Crippen molar-refractivity contribution in [1.29, 1.82) is 0 Å². The van der Waals surface area contributed by atoms with Crippen LogP contribution in [0.5, 0.6) is 0 Å². The zero-order valence-electron chi connectivity index (χ0n) is 14.0. The van der Waals surface area contributed by atoms with Gasteiger partial charge in [0.25, 0.3) is 0 Å². The number of nitrogens with one attached hydrogen (secondary N) is 1. The molecule has 2 unspecified atom stereocenters. The summed E-state index contributed by atoms with van der Waals surface area (Å²) in [6.07, 6.45) is 7.84. The second kappa shape index (κ2) is 5.77. The molecule has 0 saturated carbocycles. The molecule has 0 bridgehead atoms. The monoisotopic (exact) mass is 274 g/mol. The first-order chi connectivity index (χ1) is 9.26. The molecule has 2 heteroatoms. The van der Waals surface area contributed by atoms with E-state index in [9.17, 15) is 0 Å². The highest BCUT2D eigenvalue weighted by molar-refractivity contribution is 5.40. The Morgan fingerprint density at radius 2 is 2.00 bits per heavy atom. The maximum Gasteiger partial charge on any atom is 0.0416 e. The van der Waals surface area contributed by atoms with Gasteiger partial charge in [-0.05, 0) is 43.8 Å². The summed E-state index contributed by atoms with van der Waals surface area (Å²) in [7, 11) is 0. The van der Waals surface area contributed by atoms with Crippen molar-refractivity contribution in [2.45, 2.75) is 60.0 Å². The van der Waals surface area contributed by atoms with Gasteiger partial charge >= 0.3 is 0 Å². The van der Waals surface area contributed by atoms with Gasteiger partial charge in [0.2, 0.25) is 0 Å². The molecule has 2 atom stereocenters. The van der Waals surface area contributed by atoms with Crippen LogP contribution in [0.4, 0.5) is 0 Å². The molecule has 2 nitrogen and oxygen atoms in total. The summed E-state index contributed by atoms with van der Waals surface area (Å²) in [6.45, 7) is 16.0. The minimum Gasteiger partial charge on any atom is -0.381 e. The van der Waals surface area contributed by atoms with E-state index in [-0.39, 0.29) is 0 Å². The molecule has 0 aliphatic carbocycles. The Morgan fingerprint density at radius 1 is 1.30 bits per heavy atom. The van der Waals surface area contributed by atoms with E-state index in [0.29, 0.717) is 17.5 Å². The second-order valence-electron chi connectivity index (χ2n) is 7.64. The predicted molar refractivity (Wildman–Crippen MR) is 87.6 cm³/mol. The van der Waals surface area contributed by atoms with E-state index in [1.54, 1.807) is 0 Å². The number of hydrogen-bond acceptors (Lipinski definition) is 2. The molecular formula is C18H30N2. The molecule has 112 valence electrons. The molecule has 0 fully saturated rings. The largest absolute Gasteiger partial charge is 0.381 e. The molecule has 1 N–H and O–H groups in total. The molecular weight excluding hydrogens is 244 g/mol. The SMILES string of the molecule is C/C1=C\C=C/C(C)NC2=C1CC(C)N(CC(C)(C)C)C2. The van der Waals surface area contributed by atoms with Crippen LogP contribution in [0.3, 0.4) is 0 Å². The van der Waals surface area contributed by atoms with Crippen molar-refractivity contribution >= 4 is 0 Å². The zero-order valence-corrected chi connectivity index (χ0v) is 14.0. The molecule has 2 rings (SSSR count). The van der Waals surface area contributed by atoms with Crippen LogP contribution in [-0.2, 0) is 0 Å². The van der Waals surface area contributed by atoms with E-state index < -0.39 is 0 Å². The summed E-state index contributed by atoms with van der Waals surface area (Å²) in [5, 5.41) is 3.70. The second-order valence-corrected chi connectivity index (χ2v) is 7.64. The van der Waals surface area contributed by atoms with Crippen LogP contribution in [0.2, 0.25) is 0 Å². The summed E-state index contributed by atoms with van der Waals surface area (Å²) in [5.41, 5.74) is 4.72. The predicted octanol–water partition coefficient (Wildman–Crippen LogP) is 3.88. The number of allylic oxidation sites excluding steroid dienone is 3. The van der Waals surface area contributed by atoms with Crippen molar-refractivity contribution in [3.05, 3.63) is 35.1 Å². The maximum atomic E-state index is 3.70. The van der Waals surface area contributed by atoms with E-state index in [0.717, 1.165) is 19.5 Å². The van der Waals surface area contributed by atoms with Gasteiger partial charge < -0.3 is 5.32 Å². The van der Waals surface area contributed by atoms with Crippen LogP contribution < -0.4 is 5.32 Å². The molecule has 0 spiro atoms. The Morgan fingerprint density at radius 3 is 2.65 bits per heavy atom. The Kier molecular flexibility index (Phi) is 4.43. The van der Waals surface area contributed by atoms with Crippen LogP contribution >= 0.6 is 0 Å². The van der Waals surface area contributed by atoms with Gasteiger partial charge in [0.15, 0.2) is 0 Å². The minimum atomic E-state index is 0.352. The van der Waals surface area contributed by atoms with Crippen molar-refractivity contribution in [2.75, 3.05) is 13.1 Å². The van der Waals surface area contributed by atoms with Crippen LogP contribution in [0, 0.1) is 5.41 Å². The maximum absolute atomic E-state index is 3.70. The van der Waals surface area contributed by atoms with Crippen molar-refractivity contribution in [3.63, 3.8) is 0 Å². The van der Waals surface area contributed by atoms with Gasteiger partial charge in [-0.2, -0.15) is 0 Å². The molecule has 20 heavy (non-hydrogen) atoms. The average Bonchev–Trinajstić information content (AvgIpc) is 2.29. The zero-order chi connectivity index (χ0) is 14.9. The first-order valence-electron chi connectivity index (χ1n) is 7.84. The van der Waals surface area contributed by atoms with Gasteiger partial charge in [-0.25, -0.2) is 0 Å². The van der Waals surface area contributed by atoms with Crippen LogP contribution in [0.15, 0.2) is 35.1 Å². The van der Waals surface area contributed by atoms with Gasteiger partial charge in [0.05, 0.1) is 0 Å². The van der Waals surface area contributed by atoms with Crippen molar-refractivity contribution < 1.29 is 0 Å². The molecule has 0 amide bonds. The smallest absolute Gasteiger partial charge is 0.0416 e. The molecule has 0 radical (unpaired) electrons. The number of hydrogen-bond donors (Lipinski definition) is 1. The molecule has 0 aromatic rings. The third-order valence-electron chi connectivity index (χ3n) is 4.15. The van der Waals surface area contributed by atoms with Gasteiger partial charge in [-0.3, -0.25) is 4.90 Å². The van der Waals surface area contributed by atoms with Gasteiger partial charge in [-0.1, -0.05) is 39.0 Å². The first-order valence-corrected chi connectivity index (χ1v) is 7.84. The quantitative estimate of drug-likeness (QED) is 0.781. The van der Waals surface area contributed by atoms with Crippen LogP contribution in [-0.4, -0.2) is 30.1 Å². The molecule has 0 saturated heterocycles. The molecule has 2 aliphatic heterocycles.